The highest BCUT2D eigenvalue weighted by atomic mass is 16.5. The van der Waals surface area contributed by atoms with Crippen LogP contribution in [0.1, 0.15) is 46.0 Å². The van der Waals surface area contributed by atoms with E-state index >= 15 is 0 Å². The first kappa shape index (κ1) is 12.0. The number of rotatable bonds is 4. The zero-order valence-corrected chi connectivity index (χ0v) is 10.1. The first-order chi connectivity index (χ1) is 6.61. The van der Waals surface area contributed by atoms with Gasteiger partial charge >= 0.3 is 0 Å². The molecular weight excluding hydrogens is 174 g/mol. The van der Waals surface area contributed by atoms with Gasteiger partial charge in [-0.15, -0.1) is 0 Å². The van der Waals surface area contributed by atoms with Crippen LogP contribution in [0.2, 0.25) is 0 Å². The summed E-state index contributed by atoms with van der Waals surface area (Å²) >= 11 is 0. The molecule has 0 bridgehead atoms. The van der Waals surface area contributed by atoms with Crippen LogP contribution in [0, 0.1) is 5.92 Å². The Balaban J connectivity index is 2.59. The topological polar surface area (TPSA) is 21.3 Å². The molecule has 2 nitrogen and oxygen atoms in total. The molecule has 1 rings (SSSR count). The van der Waals surface area contributed by atoms with Gasteiger partial charge in [0.05, 0.1) is 5.60 Å². The molecule has 2 heteroatoms. The Morgan fingerprint density at radius 3 is 2.21 bits per heavy atom. The van der Waals surface area contributed by atoms with Crippen LogP contribution in [0.15, 0.2) is 0 Å². The minimum Gasteiger partial charge on any atom is -0.377 e. The molecule has 1 aliphatic rings. The molecule has 0 radical (unpaired) electrons. The van der Waals surface area contributed by atoms with Crippen molar-refractivity contribution in [3.8, 4) is 0 Å². The SMILES string of the molecule is CNC(C1CCCCC1)C(C)(C)OC. The summed E-state index contributed by atoms with van der Waals surface area (Å²) in [6.45, 7) is 4.37. The maximum atomic E-state index is 5.58. The Kier molecular flexibility index (Phi) is 4.39. The fourth-order valence-electron chi connectivity index (χ4n) is 2.75. The molecule has 0 heterocycles. The Labute approximate surface area is 88.4 Å². The zero-order valence-electron chi connectivity index (χ0n) is 10.1. The van der Waals surface area contributed by atoms with E-state index in [1.165, 1.54) is 32.1 Å². The summed E-state index contributed by atoms with van der Waals surface area (Å²) in [7, 11) is 3.87. The van der Waals surface area contributed by atoms with Gasteiger partial charge in [-0.25, -0.2) is 0 Å². The van der Waals surface area contributed by atoms with Crippen molar-refractivity contribution in [3.05, 3.63) is 0 Å². The average Bonchev–Trinajstić information content (AvgIpc) is 2.20. The van der Waals surface area contributed by atoms with E-state index < -0.39 is 0 Å². The standard InChI is InChI=1S/C12H25NO/c1-12(2,14-4)11(13-3)10-8-6-5-7-9-10/h10-11,13H,5-9H2,1-4H3. The van der Waals surface area contributed by atoms with Crippen molar-refractivity contribution >= 4 is 0 Å². The molecule has 84 valence electrons. The number of likely N-dealkylation sites (N-methyl/N-ethyl adjacent to an activating group) is 1. The van der Waals surface area contributed by atoms with Crippen LogP contribution in [0.25, 0.3) is 0 Å². The predicted molar refractivity (Wildman–Crippen MR) is 60.5 cm³/mol. The first-order valence-corrected chi connectivity index (χ1v) is 5.84. The second-order valence-electron chi connectivity index (χ2n) is 4.97. The van der Waals surface area contributed by atoms with Crippen LogP contribution >= 0.6 is 0 Å². The molecule has 0 aromatic heterocycles. The second kappa shape index (κ2) is 5.13. The summed E-state index contributed by atoms with van der Waals surface area (Å²) in [6, 6.07) is 0.493. The van der Waals surface area contributed by atoms with Crippen LogP contribution in [-0.2, 0) is 4.74 Å². The van der Waals surface area contributed by atoms with Crippen molar-refractivity contribution in [2.75, 3.05) is 14.2 Å². The third-order valence-electron chi connectivity index (χ3n) is 3.71. The molecule has 1 atom stereocenters. The lowest BCUT2D eigenvalue weighted by atomic mass is 9.78. The molecule has 0 saturated heterocycles. The number of ether oxygens (including phenoxy) is 1. The van der Waals surface area contributed by atoms with Crippen molar-refractivity contribution in [1.82, 2.24) is 5.32 Å². The molecular formula is C12H25NO. The second-order valence-corrected chi connectivity index (χ2v) is 4.97. The lowest BCUT2D eigenvalue weighted by molar-refractivity contribution is -0.0306. The van der Waals surface area contributed by atoms with Gasteiger partial charge < -0.3 is 10.1 Å². The van der Waals surface area contributed by atoms with E-state index in [1.807, 2.05) is 7.11 Å². The van der Waals surface area contributed by atoms with Crippen LogP contribution in [0.5, 0.6) is 0 Å². The third-order valence-corrected chi connectivity index (χ3v) is 3.71. The summed E-state index contributed by atoms with van der Waals surface area (Å²) in [6.07, 6.45) is 6.92. The molecule has 14 heavy (non-hydrogen) atoms. The Morgan fingerprint density at radius 1 is 1.21 bits per heavy atom. The molecule has 0 aromatic carbocycles. The lowest BCUT2D eigenvalue weighted by Crippen LogP contribution is -2.51. The van der Waals surface area contributed by atoms with Crippen LogP contribution < -0.4 is 5.32 Å². The molecule has 1 fully saturated rings. The number of hydrogen-bond acceptors (Lipinski definition) is 2. The largest absolute Gasteiger partial charge is 0.377 e. The predicted octanol–water partition coefficient (Wildman–Crippen LogP) is 2.58. The number of nitrogens with one attached hydrogen (secondary N) is 1. The molecule has 0 aliphatic heterocycles. The van der Waals surface area contributed by atoms with Gasteiger partial charge in [0.2, 0.25) is 0 Å². The molecule has 0 spiro atoms. The van der Waals surface area contributed by atoms with E-state index in [0.29, 0.717) is 6.04 Å². The van der Waals surface area contributed by atoms with E-state index in [4.69, 9.17) is 4.74 Å². The van der Waals surface area contributed by atoms with Crippen molar-refractivity contribution in [3.63, 3.8) is 0 Å². The summed E-state index contributed by atoms with van der Waals surface area (Å²) in [5.74, 6) is 0.795. The van der Waals surface area contributed by atoms with E-state index in [1.54, 1.807) is 0 Å². The van der Waals surface area contributed by atoms with Gasteiger partial charge in [0.1, 0.15) is 0 Å². The van der Waals surface area contributed by atoms with Crippen LogP contribution in [0.3, 0.4) is 0 Å². The maximum Gasteiger partial charge on any atom is 0.0777 e. The maximum absolute atomic E-state index is 5.58. The van der Waals surface area contributed by atoms with Gasteiger partial charge in [-0.1, -0.05) is 19.3 Å². The summed E-state index contributed by atoms with van der Waals surface area (Å²) < 4.78 is 5.58. The zero-order chi connectivity index (χ0) is 10.6. The van der Waals surface area contributed by atoms with Gasteiger partial charge in [0.15, 0.2) is 0 Å². The summed E-state index contributed by atoms with van der Waals surface area (Å²) in [5.41, 5.74) is -0.0449. The molecule has 1 aliphatic carbocycles. The van der Waals surface area contributed by atoms with Gasteiger partial charge in [-0.05, 0) is 39.7 Å². The normalized spacial score (nSPS) is 22.3. The van der Waals surface area contributed by atoms with Crippen molar-refractivity contribution < 1.29 is 4.74 Å². The highest BCUT2D eigenvalue weighted by Crippen LogP contribution is 2.31. The first-order valence-electron chi connectivity index (χ1n) is 5.84. The van der Waals surface area contributed by atoms with Crippen LogP contribution in [-0.4, -0.2) is 25.8 Å². The molecule has 0 aromatic rings. The summed E-state index contributed by atoms with van der Waals surface area (Å²) in [5, 5.41) is 3.44. The van der Waals surface area contributed by atoms with Crippen molar-refractivity contribution in [1.29, 1.82) is 0 Å². The number of hydrogen-bond donors (Lipinski definition) is 1. The van der Waals surface area contributed by atoms with E-state index in [2.05, 4.69) is 26.2 Å². The van der Waals surface area contributed by atoms with Crippen molar-refractivity contribution in [2.24, 2.45) is 5.92 Å². The third kappa shape index (κ3) is 2.71. The van der Waals surface area contributed by atoms with Crippen molar-refractivity contribution in [2.45, 2.75) is 57.6 Å². The molecule has 1 saturated carbocycles. The minimum absolute atomic E-state index is 0.0449. The monoisotopic (exact) mass is 199 g/mol. The van der Waals surface area contributed by atoms with Gasteiger partial charge in [-0.3, -0.25) is 0 Å². The van der Waals surface area contributed by atoms with E-state index in [-0.39, 0.29) is 5.60 Å². The van der Waals surface area contributed by atoms with Gasteiger partial charge in [-0.2, -0.15) is 0 Å². The van der Waals surface area contributed by atoms with E-state index in [9.17, 15) is 0 Å². The Hall–Kier alpha value is -0.0800. The Bertz CT molecular complexity index is 162. The fraction of sp³-hybridized carbons (Fsp3) is 1.00. The van der Waals surface area contributed by atoms with E-state index in [0.717, 1.165) is 5.92 Å². The molecule has 0 amide bonds. The number of methoxy groups -OCH3 is 1. The fourth-order valence-corrected chi connectivity index (χ4v) is 2.75. The lowest BCUT2D eigenvalue weighted by Gasteiger charge is -2.40. The quantitative estimate of drug-likeness (QED) is 0.751. The van der Waals surface area contributed by atoms with Crippen LogP contribution in [0.4, 0.5) is 0 Å². The Morgan fingerprint density at radius 2 is 1.79 bits per heavy atom. The molecule has 1 unspecified atom stereocenters. The van der Waals surface area contributed by atoms with Gasteiger partial charge in [0, 0.05) is 13.2 Å². The average molecular weight is 199 g/mol. The highest BCUT2D eigenvalue weighted by Gasteiger charge is 2.34. The smallest absolute Gasteiger partial charge is 0.0777 e. The molecule has 1 N–H and O–H groups in total. The minimum atomic E-state index is -0.0449. The van der Waals surface area contributed by atoms with Gasteiger partial charge in [0.25, 0.3) is 0 Å². The summed E-state index contributed by atoms with van der Waals surface area (Å²) in [4.78, 5) is 0. The highest BCUT2D eigenvalue weighted by molar-refractivity contribution is 4.90.